The fourth-order valence-corrected chi connectivity index (χ4v) is 3.98. The highest BCUT2D eigenvalue weighted by atomic mass is 16.4. The van der Waals surface area contributed by atoms with Crippen LogP contribution in [0.3, 0.4) is 0 Å². The number of ketones is 1. The molecule has 3 atom stereocenters. The Morgan fingerprint density at radius 1 is 0.906 bits per heavy atom. The summed E-state index contributed by atoms with van der Waals surface area (Å²) in [7, 11) is 0. The molecule has 0 radical (unpaired) electrons. The van der Waals surface area contributed by atoms with Gasteiger partial charge in [0.2, 0.25) is 11.8 Å². The van der Waals surface area contributed by atoms with E-state index in [0.717, 1.165) is 6.92 Å². The SMILES string of the molecule is CC(=O)CC1(O)CC(=O)N([C@@H](CCCCN2C(=O)CC(O)(CC(=O)O)C2=O)C(=O)O)C1=O. The highest BCUT2D eigenvalue weighted by molar-refractivity contribution is 6.11. The summed E-state index contributed by atoms with van der Waals surface area (Å²) < 4.78 is 0. The first-order chi connectivity index (χ1) is 14.7. The quantitative estimate of drug-likeness (QED) is 0.198. The number of carbonyl (C=O) groups excluding carboxylic acids is 5. The van der Waals surface area contributed by atoms with Gasteiger partial charge >= 0.3 is 11.9 Å². The van der Waals surface area contributed by atoms with Crippen LogP contribution in [0.15, 0.2) is 0 Å². The molecule has 13 nitrogen and oxygen atoms in total. The third kappa shape index (κ3) is 4.99. The number of imide groups is 2. The molecule has 0 aromatic heterocycles. The van der Waals surface area contributed by atoms with E-state index in [9.17, 15) is 48.9 Å². The fraction of sp³-hybridized carbons (Fsp3) is 0.632. The predicted octanol–water partition coefficient (Wildman–Crippen LogP) is -1.96. The summed E-state index contributed by atoms with van der Waals surface area (Å²) in [6.07, 6.45) is -3.11. The lowest BCUT2D eigenvalue weighted by Crippen LogP contribution is -2.49. The first kappa shape index (κ1) is 25.1. The zero-order valence-electron chi connectivity index (χ0n) is 17.3. The Hall–Kier alpha value is -3.19. The third-order valence-electron chi connectivity index (χ3n) is 5.41. The topological polar surface area (TPSA) is 207 Å². The molecular formula is C19H24N2O11. The van der Waals surface area contributed by atoms with Gasteiger partial charge in [0.25, 0.3) is 11.8 Å². The summed E-state index contributed by atoms with van der Waals surface area (Å²) in [5, 5.41) is 38.7. The van der Waals surface area contributed by atoms with Gasteiger partial charge in [0, 0.05) is 13.0 Å². The molecule has 176 valence electrons. The molecule has 2 heterocycles. The van der Waals surface area contributed by atoms with Crippen LogP contribution in [-0.4, -0.2) is 95.4 Å². The van der Waals surface area contributed by atoms with Gasteiger partial charge in [0.15, 0.2) is 11.2 Å². The number of hydrogen-bond donors (Lipinski definition) is 4. The Morgan fingerprint density at radius 3 is 2.00 bits per heavy atom. The molecular weight excluding hydrogens is 432 g/mol. The van der Waals surface area contributed by atoms with E-state index in [4.69, 9.17) is 5.11 Å². The predicted molar refractivity (Wildman–Crippen MR) is 101 cm³/mol. The lowest BCUT2D eigenvalue weighted by atomic mass is 9.95. The lowest BCUT2D eigenvalue weighted by Gasteiger charge is -2.25. The van der Waals surface area contributed by atoms with E-state index in [0.29, 0.717) is 9.80 Å². The summed E-state index contributed by atoms with van der Waals surface area (Å²) in [5.74, 6) is -7.45. The molecule has 4 amide bonds. The largest absolute Gasteiger partial charge is 0.481 e. The second kappa shape index (κ2) is 9.12. The zero-order valence-corrected chi connectivity index (χ0v) is 17.3. The van der Waals surface area contributed by atoms with Gasteiger partial charge in [-0.2, -0.15) is 0 Å². The van der Waals surface area contributed by atoms with Gasteiger partial charge < -0.3 is 20.4 Å². The zero-order chi connectivity index (χ0) is 24.4. The summed E-state index contributed by atoms with van der Waals surface area (Å²) >= 11 is 0. The molecule has 0 aromatic rings. The number of carbonyl (C=O) groups is 7. The Balaban J connectivity index is 1.99. The number of aliphatic carboxylic acids is 2. The molecule has 4 N–H and O–H groups in total. The van der Waals surface area contributed by atoms with Crippen molar-refractivity contribution in [3.63, 3.8) is 0 Å². The number of nitrogens with zero attached hydrogens (tertiary/aromatic N) is 2. The van der Waals surface area contributed by atoms with Crippen molar-refractivity contribution >= 4 is 41.4 Å². The summed E-state index contributed by atoms with van der Waals surface area (Å²) in [6.45, 7) is 0.896. The minimum absolute atomic E-state index is 0.0353. The first-order valence-corrected chi connectivity index (χ1v) is 9.82. The van der Waals surface area contributed by atoms with Gasteiger partial charge in [-0.1, -0.05) is 0 Å². The van der Waals surface area contributed by atoms with Gasteiger partial charge in [-0.25, -0.2) is 4.79 Å². The van der Waals surface area contributed by atoms with E-state index in [2.05, 4.69) is 0 Å². The van der Waals surface area contributed by atoms with E-state index < -0.39 is 84.3 Å². The molecule has 2 fully saturated rings. The van der Waals surface area contributed by atoms with Crippen LogP contribution in [0.1, 0.15) is 51.9 Å². The van der Waals surface area contributed by atoms with Crippen LogP contribution >= 0.6 is 0 Å². The lowest BCUT2D eigenvalue weighted by molar-refractivity contribution is -0.158. The van der Waals surface area contributed by atoms with Crippen molar-refractivity contribution in [2.24, 2.45) is 0 Å². The Morgan fingerprint density at radius 2 is 1.47 bits per heavy atom. The third-order valence-corrected chi connectivity index (χ3v) is 5.41. The van der Waals surface area contributed by atoms with Crippen LogP contribution in [0.2, 0.25) is 0 Å². The standard InChI is InChI=1S/C19H24N2O11/c1-10(22)6-18(31)8-13(24)21(17(18)30)11(15(27)28)4-2-3-5-20-12(23)7-19(32,16(20)29)9-14(25)26/h11,31-32H,2-9H2,1H3,(H,25,26)(H,27,28)/t11-,18?,19?/m0/s1. The molecule has 0 saturated carbocycles. The Kier molecular flexibility index (Phi) is 7.15. The molecule has 0 aromatic carbocycles. The van der Waals surface area contributed by atoms with Crippen LogP contribution in [0.4, 0.5) is 0 Å². The Labute approximate surface area is 181 Å². The number of carboxylic acid groups (broad SMARTS) is 2. The maximum atomic E-state index is 12.5. The van der Waals surface area contributed by atoms with E-state index in [1.807, 2.05) is 0 Å². The first-order valence-electron chi connectivity index (χ1n) is 9.82. The van der Waals surface area contributed by atoms with Gasteiger partial charge in [-0.3, -0.25) is 38.6 Å². The van der Waals surface area contributed by atoms with Crippen molar-refractivity contribution in [3.8, 4) is 0 Å². The molecule has 2 rings (SSSR count). The monoisotopic (exact) mass is 456 g/mol. The van der Waals surface area contributed by atoms with Gasteiger partial charge in [0.05, 0.1) is 19.3 Å². The summed E-state index contributed by atoms with van der Waals surface area (Å²) in [6, 6.07) is -1.62. The average molecular weight is 456 g/mol. The maximum Gasteiger partial charge on any atom is 0.326 e. The molecule has 13 heteroatoms. The number of rotatable bonds is 11. The van der Waals surface area contributed by atoms with Crippen LogP contribution in [0, 0.1) is 0 Å². The molecule has 32 heavy (non-hydrogen) atoms. The molecule has 2 unspecified atom stereocenters. The van der Waals surface area contributed by atoms with Crippen molar-refractivity contribution in [1.82, 2.24) is 9.80 Å². The van der Waals surface area contributed by atoms with Crippen LogP contribution in [-0.2, 0) is 33.6 Å². The van der Waals surface area contributed by atoms with E-state index in [-0.39, 0.29) is 25.8 Å². The van der Waals surface area contributed by atoms with Crippen molar-refractivity contribution in [1.29, 1.82) is 0 Å². The van der Waals surface area contributed by atoms with Gasteiger partial charge in [0.1, 0.15) is 11.8 Å². The van der Waals surface area contributed by atoms with Crippen molar-refractivity contribution in [3.05, 3.63) is 0 Å². The Bertz CT molecular complexity index is 884. The molecule has 0 spiro atoms. The summed E-state index contributed by atoms with van der Waals surface area (Å²) in [5.41, 5.74) is -4.62. The highest BCUT2D eigenvalue weighted by Crippen LogP contribution is 2.31. The van der Waals surface area contributed by atoms with Crippen molar-refractivity contribution in [2.45, 2.75) is 69.1 Å². The molecule has 2 saturated heterocycles. The van der Waals surface area contributed by atoms with E-state index in [1.54, 1.807) is 0 Å². The number of hydrogen-bond acceptors (Lipinski definition) is 9. The minimum Gasteiger partial charge on any atom is -0.481 e. The second-order valence-corrected chi connectivity index (χ2v) is 8.14. The number of carboxylic acids is 2. The van der Waals surface area contributed by atoms with Gasteiger partial charge in [-0.05, 0) is 26.2 Å². The number of amides is 4. The number of aliphatic hydroxyl groups is 2. The normalized spacial score (nSPS) is 26.7. The number of unbranched alkanes of at least 4 members (excludes halogenated alkanes) is 1. The van der Waals surface area contributed by atoms with Crippen LogP contribution in [0.25, 0.3) is 0 Å². The molecule has 2 aliphatic rings. The highest BCUT2D eigenvalue weighted by Gasteiger charge is 2.54. The van der Waals surface area contributed by atoms with Crippen LogP contribution < -0.4 is 0 Å². The molecule has 0 aliphatic carbocycles. The maximum absolute atomic E-state index is 12.5. The van der Waals surface area contributed by atoms with Crippen molar-refractivity contribution < 1.29 is 54.0 Å². The fourth-order valence-electron chi connectivity index (χ4n) is 3.98. The minimum atomic E-state index is -2.33. The average Bonchev–Trinajstić information content (AvgIpc) is 2.96. The number of Topliss-reactive ketones (excluding diaryl/α,β-unsaturated/α-hetero) is 1. The van der Waals surface area contributed by atoms with E-state index in [1.165, 1.54) is 0 Å². The van der Waals surface area contributed by atoms with E-state index >= 15 is 0 Å². The molecule has 2 aliphatic heterocycles. The van der Waals surface area contributed by atoms with Crippen molar-refractivity contribution in [2.75, 3.05) is 6.54 Å². The second-order valence-electron chi connectivity index (χ2n) is 8.14. The van der Waals surface area contributed by atoms with Crippen LogP contribution in [0.5, 0.6) is 0 Å². The number of likely N-dealkylation sites (tertiary alicyclic amines) is 2. The smallest absolute Gasteiger partial charge is 0.326 e. The molecule has 0 bridgehead atoms. The van der Waals surface area contributed by atoms with Gasteiger partial charge in [-0.15, -0.1) is 0 Å². The summed E-state index contributed by atoms with van der Waals surface area (Å²) in [4.78, 5) is 83.7.